The molecule has 0 radical (unpaired) electrons. The predicted molar refractivity (Wildman–Crippen MR) is 147 cm³/mol. The standard InChI is InChI=1S/C28H26ClN3O7/c1-4-39-26(34)13-17-9-11-18(12-10-17)32-27(35)19-7-5-6-8-22(19)31(28(32)36)16-25(33)30-21-14-20(29)23(37-2)15-24(21)38-3/h5-12,14-15H,4,13,16H2,1-3H3,(H,30,33). The maximum Gasteiger partial charge on any atom is 0.336 e. The minimum Gasteiger partial charge on any atom is -0.495 e. The highest BCUT2D eigenvalue weighted by molar-refractivity contribution is 6.32. The first-order valence-corrected chi connectivity index (χ1v) is 12.4. The Bertz CT molecular complexity index is 1660. The Morgan fingerprint density at radius 2 is 1.64 bits per heavy atom. The summed E-state index contributed by atoms with van der Waals surface area (Å²) in [5.74, 6) is -0.239. The quantitative estimate of drug-likeness (QED) is 0.316. The second-order valence-corrected chi connectivity index (χ2v) is 8.82. The third-order valence-electron chi connectivity index (χ3n) is 5.95. The van der Waals surface area contributed by atoms with Crippen LogP contribution in [-0.2, 0) is 27.3 Å². The molecular formula is C28H26ClN3O7. The molecule has 4 rings (SSSR count). The predicted octanol–water partition coefficient (Wildman–Crippen LogP) is 3.57. The maximum atomic E-state index is 13.6. The van der Waals surface area contributed by atoms with Crippen LogP contribution in [0.15, 0.2) is 70.3 Å². The van der Waals surface area contributed by atoms with Crippen LogP contribution in [0.3, 0.4) is 0 Å². The van der Waals surface area contributed by atoms with Crippen LogP contribution in [0, 0.1) is 0 Å². The summed E-state index contributed by atoms with van der Waals surface area (Å²) in [6.45, 7) is 1.60. The molecule has 0 saturated heterocycles. The minimum absolute atomic E-state index is 0.0595. The van der Waals surface area contributed by atoms with Gasteiger partial charge in [-0.25, -0.2) is 9.36 Å². The van der Waals surface area contributed by atoms with Gasteiger partial charge in [-0.2, -0.15) is 0 Å². The van der Waals surface area contributed by atoms with Gasteiger partial charge in [0.2, 0.25) is 5.91 Å². The van der Waals surface area contributed by atoms with Crippen LogP contribution in [0.2, 0.25) is 5.02 Å². The van der Waals surface area contributed by atoms with Crippen molar-refractivity contribution in [2.45, 2.75) is 19.9 Å². The Hall–Kier alpha value is -4.57. The van der Waals surface area contributed by atoms with E-state index in [4.69, 9.17) is 25.8 Å². The van der Waals surface area contributed by atoms with E-state index in [0.717, 1.165) is 4.57 Å². The Balaban J connectivity index is 1.72. The highest BCUT2D eigenvalue weighted by atomic mass is 35.5. The lowest BCUT2D eigenvalue weighted by atomic mass is 10.1. The van der Waals surface area contributed by atoms with Gasteiger partial charge in [-0.05, 0) is 42.8 Å². The van der Waals surface area contributed by atoms with E-state index < -0.39 is 23.7 Å². The molecule has 3 aromatic carbocycles. The average molecular weight is 552 g/mol. The van der Waals surface area contributed by atoms with Crippen LogP contribution in [0.25, 0.3) is 16.6 Å². The lowest BCUT2D eigenvalue weighted by Gasteiger charge is -2.16. The first kappa shape index (κ1) is 27.5. The van der Waals surface area contributed by atoms with E-state index in [1.807, 2.05) is 0 Å². The topological polar surface area (TPSA) is 118 Å². The van der Waals surface area contributed by atoms with E-state index >= 15 is 0 Å². The lowest BCUT2D eigenvalue weighted by molar-refractivity contribution is -0.142. The normalized spacial score (nSPS) is 10.8. The molecule has 0 spiro atoms. The van der Waals surface area contributed by atoms with Crippen molar-refractivity contribution >= 4 is 40.1 Å². The second-order valence-electron chi connectivity index (χ2n) is 8.41. The molecule has 0 unspecified atom stereocenters. The third-order valence-corrected chi connectivity index (χ3v) is 6.24. The fourth-order valence-corrected chi connectivity index (χ4v) is 4.37. The molecule has 0 atom stereocenters. The zero-order valence-electron chi connectivity index (χ0n) is 21.5. The number of carbonyl (C=O) groups excluding carboxylic acids is 2. The molecule has 4 aromatic rings. The number of aromatic nitrogens is 2. The number of benzene rings is 3. The van der Waals surface area contributed by atoms with Crippen molar-refractivity contribution in [3.63, 3.8) is 0 Å². The smallest absolute Gasteiger partial charge is 0.336 e. The molecule has 39 heavy (non-hydrogen) atoms. The maximum absolute atomic E-state index is 13.6. The number of ether oxygens (including phenoxy) is 3. The number of methoxy groups -OCH3 is 2. The number of halogens is 1. The van der Waals surface area contributed by atoms with Crippen molar-refractivity contribution in [1.82, 2.24) is 9.13 Å². The van der Waals surface area contributed by atoms with Crippen LogP contribution in [0.4, 0.5) is 5.69 Å². The SMILES string of the molecule is CCOC(=O)Cc1ccc(-n2c(=O)c3ccccc3n(CC(=O)Nc3cc(Cl)c(OC)cc3OC)c2=O)cc1. The van der Waals surface area contributed by atoms with Gasteiger partial charge in [-0.1, -0.05) is 35.9 Å². The Labute approximate surface area is 228 Å². The minimum atomic E-state index is -0.702. The number of nitrogens with one attached hydrogen (secondary N) is 1. The first-order chi connectivity index (χ1) is 18.8. The largest absolute Gasteiger partial charge is 0.495 e. The van der Waals surface area contributed by atoms with Crippen LogP contribution < -0.4 is 26.0 Å². The highest BCUT2D eigenvalue weighted by Crippen LogP contribution is 2.35. The van der Waals surface area contributed by atoms with Gasteiger partial charge in [0.25, 0.3) is 5.56 Å². The molecule has 1 amide bonds. The molecule has 0 fully saturated rings. The van der Waals surface area contributed by atoms with Crippen LogP contribution in [0.5, 0.6) is 11.5 Å². The van der Waals surface area contributed by atoms with Crippen LogP contribution >= 0.6 is 11.6 Å². The van der Waals surface area contributed by atoms with Gasteiger partial charge in [0.05, 0.1) is 54.5 Å². The van der Waals surface area contributed by atoms with Crippen LogP contribution in [-0.4, -0.2) is 41.8 Å². The number of rotatable bonds is 9. The van der Waals surface area contributed by atoms with Gasteiger partial charge < -0.3 is 19.5 Å². The Morgan fingerprint density at radius 1 is 0.949 bits per heavy atom. The Morgan fingerprint density at radius 3 is 2.31 bits per heavy atom. The Kier molecular flexibility index (Phi) is 8.36. The average Bonchev–Trinajstić information content (AvgIpc) is 2.92. The second kappa shape index (κ2) is 11.9. The fraction of sp³-hybridized carbons (Fsp3) is 0.214. The molecule has 0 saturated carbocycles. The molecule has 1 heterocycles. The summed E-state index contributed by atoms with van der Waals surface area (Å²) in [7, 11) is 2.89. The van der Waals surface area contributed by atoms with E-state index in [0.29, 0.717) is 28.3 Å². The summed E-state index contributed by atoms with van der Waals surface area (Å²) < 4.78 is 17.7. The summed E-state index contributed by atoms with van der Waals surface area (Å²) in [5.41, 5.74) is 0.313. The molecular weight excluding hydrogens is 526 g/mol. The number of carbonyl (C=O) groups is 2. The van der Waals surface area contributed by atoms with Gasteiger partial charge >= 0.3 is 11.7 Å². The first-order valence-electron chi connectivity index (χ1n) is 12.0. The number of esters is 1. The van der Waals surface area contributed by atoms with Gasteiger partial charge in [0.1, 0.15) is 18.0 Å². The molecule has 1 N–H and O–H groups in total. The van der Waals surface area contributed by atoms with E-state index in [2.05, 4.69) is 5.32 Å². The summed E-state index contributed by atoms with van der Waals surface area (Å²) >= 11 is 6.22. The van der Waals surface area contributed by atoms with Crippen molar-refractivity contribution in [2.75, 3.05) is 26.1 Å². The molecule has 0 aliphatic rings. The summed E-state index contributed by atoms with van der Waals surface area (Å²) in [6, 6.07) is 16.0. The number of para-hydroxylation sites is 1. The summed E-state index contributed by atoms with van der Waals surface area (Å²) in [4.78, 5) is 51.9. The van der Waals surface area contributed by atoms with Crippen LogP contribution in [0.1, 0.15) is 12.5 Å². The monoisotopic (exact) mass is 551 g/mol. The van der Waals surface area contributed by atoms with E-state index in [1.165, 1.54) is 30.9 Å². The van der Waals surface area contributed by atoms with Gasteiger partial charge in [0.15, 0.2) is 0 Å². The number of amides is 1. The van der Waals surface area contributed by atoms with E-state index in [1.54, 1.807) is 55.5 Å². The van der Waals surface area contributed by atoms with E-state index in [-0.39, 0.29) is 35.1 Å². The van der Waals surface area contributed by atoms with Crippen molar-refractivity contribution in [3.8, 4) is 17.2 Å². The summed E-state index contributed by atoms with van der Waals surface area (Å²) in [6.07, 6.45) is 0.0595. The molecule has 0 aliphatic carbocycles. The number of anilines is 1. The number of hydrogen-bond acceptors (Lipinski definition) is 7. The zero-order chi connectivity index (χ0) is 28.1. The molecule has 202 valence electrons. The van der Waals surface area contributed by atoms with Gasteiger partial charge in [-0.15, -0.1) is 0 Å². The summed E-state index contributed by atoms with van der Waals surface area (Å²) in [5, 5.41) is 3.22. The van der Waals surface area contributed by atoms with Crippen molar-refractivity contribution in [3.05, 3.63) is 92.1 Å². The lowest BCUT2D eigenvalue weighted by Crippen LogP contribution is -2.40. The molecule has 11 heteroatoms. The molecule has 0 aliphatic heterocycles. The number of nitrogens with zero attached hydrogens (tertiary/aromatic N) is 2. The highest BCUT2D eigenvalue weighted by Gasteiger charge is 2.18. The molecule has 10 nitrogen and oxygen atoms in total. The van der Waals surface area contributed by atoms with E-state index in [9.17, 15) is 19.2 Å². The molecule has 0 bridgehead atoms. The number of fused-ring (bicyclic) bond motifs is 1. The van der Waals surface area contributed by atoms with Crippen molar-refractivity contribution in [2.24, 2.45) is 0 Å². The zero-order valence-corrected chi connectivity index (χ0v) is 22.3. The van der Waals surface area contributed by atoms with Crippen molar-refractivity contribution < 1.29 is 23.8 Å². The van der Waals surface area contributed by atoms with Crippen molar-refractivity contribution in [1.29, 1.82) is 0 Å². The fourth-order valence-electron chi connectivity index (χ4n) is 4.13. The third kappa shape index (κ3) is 5.80. The number of hydrogen-bond donors (Lipinski definition) is 1. The van der Waals surface area contributed by atoms with Gasteiger partial charge in [0, 0.05) is 6.07 Å². The molecule has 1 aromatic heterocycles. The van der Waals surface area contributed by atoms with Gasteiger partial charge in [-0.3, -0.25) is 19.0 Å².